The number of hydrogen-bond donors (Lipinski definition) is 0. The highest BCUT2D eigenvalue weighted by Gasteiger charge is 2.10. The highest BCUT2D eigenvalue weighted by atomic mass is 16.6. The molecular formula is C11H18O4. The third-order valence-corrected chi connectivity index (χ3v) is 1.66. The average molecular weight is 214 g/mol. The lowest BCUT2D eigenvalue weighted by Gasteiger charge is -2.03. The maximum absolute atomic E-state index is 11.0. The first-order valence-electron chi connectivity index (χ1n) is 5.12. The SMILES string of the molecule is C=CCOC(=O)CC(=O)OCCCCC. The standard InChI is InChI=1S/C11H18O4/c1-3-5-6-8-15-11(13)9-10(12)14-7-4-2/h4H,2-3,5-9H2,1H3. The van der Waals surface area contributed by atoms with Crippen molar-refractivity contribution in [3.05, 3.63) is 12.7 Å². The topological polar surface area (TPSA) is 52.6 Å². The summed E-state index contributed by atoms with van der Waals surface area (Å²) in [4.78, 5) is 22.0. The van der Waals surface area contributed by atoms with E-state index in [1.165, 1.54) is 6.08 Å². The molecule has 0 saturated carbocycles. The van der Waals surface area contributed by atoms with E-state index in [2.05, 4.69) is 18.2 Å². The molecule has 0 aliphatic rings. The quantitative estimate of drug-likeness (QED) is 0.268. The van der Waals surface area contributed by atoms with Crippen LogP contribution in [0.3, 0.4) is 0 Å². The molecule has 0 bridgehead atoms. The number of hydrogen-bond acceptors (Lipinski definition) is 4. The van der Waals surface area contributed by atoms with Crippen LogP contribution in [-0.2, 0) is 19.1 Å². The van der Waals surface area contributed by atoms with Crippen molar-refractivity contribution in [2.75, 3.05) is 13.2 Å². The van der Waals surface area contributed by atoms with Crippen LogP contribution in [0.4, 0.5) is 0 Å². The number of ether oxygens (including phenoxy) is 2. The summed E-state index contributed by atoms with van der Waals surface area (Å²) in [7, 11) is 0. The largest absolute Gasteiger partial charge is 0.465 e. The van der Waals surface area contributed by atoms with Crippen molar-refractivity contribution < 1.29 is 19.1 Å². The van der Waals surface area contributed by atoms with Gasteiger partial charge in [0.25, 0.3) is 0 Å². The molecule has 0 aromatic heterocycles. The van der Waals surface area contributed by atoms with Gasteiger partial charge in [0.2, 0.25) is 0 Å². The van der Waals surface area contributed by atoms with Crippen molar-refractivity contribution in [2.45, 2.75) is 32.6 Å². The van der Waals surface area contributed by atoms with E-state index in [9.17, 15) is 9.59 Å². The Labute approximate surface area is 90.2 Å². The molecule has 0 rings (SSSR count). The minimum atomic E-state index is -0.574. The van der Waals surface area contributed by atoms with Crippen molar-refractivity contribution in [1.29, 1.82) is 0 Å². The predicted octanol–water partition coefficient (Wildman–Crippen LogP) is 1.84. The second-order valence-electron chi connectivity index (χ2n) is 3.08. The van der Waals surface area contributed by atoms with Crippen LogP contribution in [0.5, 0.6) is 0 Å². The fourth-order valence-electron chi connectivity index (χ4n) is 0.910. The van der Waals surface area contributed by atoms with Gasteiger partial charge in [-0.05, 0) is 6.42 Å². The molecule has 0 unspecified atom stereocenters. The van der Waals surface area contributed by atoms with E-state index in [0.29, 0.717) is 6.61 Å². The van der Waals surface area contributed by atoms with Gasteiger partial charge in [0.1, 0.15) is 13.0 Å². The number of esters is 2. The van der Waals surface area contributed by atoms with Crippen molar-refractivity contribution in [3.63, 3.8) is 0 Å². The zero-order chi connectivity index (χ0) is 11.5. The summed E-state index contributed by atoms with van der Waals surface area (Å²) in [6.45, 7) is 5.96. The Morgan fingerprint density at radius 1 is 1.20 bits per heavy atom. The molecule has 15 heavy (non-hydrogen) atoms. The molecule has 4 heteroatoms. The van der Waals surface area contributed by atoms with Crippen molar-refractivity contribution in [1.82, 2.24) is 0 Å². The first-order chi connectivity index (χ1) is 7.20. The molecule has 0 heterocycles. The number of carbonyl (C=O) groups excluding carboxylic acids is 2. The lowest BCUT2D eigenvalue weighted by Crippen LogP contribution is -2.14. The normalized spacial score (nSPS) is 9.40. The fourth-order valence-corrected chi connectivity index (χ4v) is 0.910. The Balaban J connectivity index is 3.46. The van der Waals surface area contributed by atoms with Crippen molar-refractivity contribution in [3.8, 4) is 0 Å². The molecule has 4 nitrogen and oxygen atoms in total. The molecule has 0 atom stereocenters. The van der Waals surface area contributed by atoms with Crippen LogP contribution >= 0.6 is 0 Å². The Morgan fingerprint density at radius 3 is 2.47 bits per heavy atom. The minimum Gasteiger partial charge on any atom is -0.465 e. The van der Waals surface area contributed by atoms with Crippen LogP contribution in [0.2, 0.25) is 0 Å². The molecule has 0 aliphatic heterocycles. The highest BCUT2D eigenvalue weighted by Crippen LogP contribution is 1.97. The summed E-state index contributed by atoms with van der Waals surface area (Å²) >= 11 is 0. The zero-order valence-electron chi connectivity index (χ0n) is 9.16. The molecule has 0 radical (unpaired) electrons. The fraction of sp³-hybridized carbons (Fsp3) is 0.636. The average Bonchev–Trinajstić information content (AvgIpc) is 2.21. The van der Waals surface area contributed by atoms with Crippen LogP contribution in [-0.4, -0.2) is 25.2 Å². The molecule has 0 fully saturated rings. The number of carbonyl (C=O) groups is 2. The lowest BCUT2D eigenvalue weighted by atomic mass is 10.3. The van der Waals surface area contributed by atoms with Crippen LogP contribution in [0.15, 0.2) is 12.7 Å². The first-order valence-corrected chi connectivity index (χ1v) is 5.12. The van der Waals surface area contributed by atoms with Crippen LogP contribution in [0.25, 0.3) is 0 Å². The van der Waals surface area contributed by atoms with Gasteiger partial charge in [-0.15, -0.1) is 0 Å². The molecule has 0 amide bonds. The number of rotatable bonds is 8. The smallest absolute Gasteiger partial charge is 0.317 e. The maximum Gasteiger partial charge on any atom is 0.317 e. The highest BCUT2D eigenvalue weighted by molar-refractivity contribution is 5.91. The molecular weight excluding hydrogens is 196 g/mol. The van der Waals surface area contributed by atoms with E-state index in [-0.39, 0.29) is 13.0 Å². The van der Waals surface area contributed by atoms with Gasteiger partial charge < -0.3 is 9.47 Å². The Kier molecular flexibility index (Phi) is 8.43. The Morgan fingerprint density at radius 2 is 1.87 bits per heavy atom. The summed E-state index contributed by atoms with van der Waals surface area (Å²) in [6, 6.07) is 0. The molecule has 0 N–H and O–H groups in total. The minimum absolute atomic E-state index is 0.127. The molecule has 0 aromatic carbocycles. The zero-order valence-corrected chi connectivity index (χ0v) is 9.16. The van der Waals surface area contributed by atoms with Crippen LogP contribution in [0, 0.1) is 0 Å². The van der Waals surface area contributed by atoms with Gasteiger partial charge in [0.05, 0.1) is 6.61 Å². The summed E-state index contributed by atoms with van der Waals surface area (Å²) in [5.74, 6) is -1.10. The third kappa shape index (κ3) is 9.00. The van der Waals surface area contributed by atoms with Gasteiger partial charge in [-0.25, -0.2) is 0 Å². The number of unbranched alkanes of at least 4 members (excludes halogenated alkanes) is 2. The van der Waals surface area contributed by atoms with E-state index in [1.807, 2.05) is 0 Å². The van der Waals surface area contributed by atoms with Gasteiger partial charge in [0, 0.05) is 0 Å². The van der Waals surface area contributed by atoms with Crippen molar-refractivity contribution in [2.24, 2.45) is 0 Å². The second kappa shape index (κ2) is 9.24. The van der Waals surface area contributed by atoms with Crippen molar-refractivity contribution >= 4 is 11.9 Å². The lowest BCUT2D eigenvalue weighted by molar-refractivity contribution is -0.153. The summed E-state index contributed by atoms with van der Waals surface area (Å²) in [5.41, 5.74) is 0. The van der Waals surface area contributed by atoms with Gasteiger partial charge in [-0.3, -0.25) is 9.59 Å². The summed E-state index contributed by atoms with van der Waals surface area (Å²) in [6.07, 6.45) is 4.06. The molecule has 86 valence electrons. The van der Waals surface area contributed by atoms with Crippen LogP contribution in [0.1, 0.15) is 32.6 Å². The van der Waals surface area contributed by atoms with E-state index in [4.69, 9.17) is 4.74 Å². The molecule has 0 saturated heterocycles. The summed E-state index contributed by atoms with van der Waals surface area (Å²) in [5, 5.41) is 0. The maximum atomic E-state index is 11.0. The van der Waals surface area contributed by atoms with E-state index < -0.39 is 11.9 Å². The van der Waals surface area contributed by atoms with E-state index >= 15 is 0 Å². The van der Waals surface area contributed by atoms with Gasteiger partial charge in [-0.1, -0.05) is 32.4 Å². The molecule has 0 aliphatic carbocycles. The monoisotopic (exact) mass is 214 g/mol. The molecule has 0 aromatic rings. The van der Waals surface area contributed by atoms with Gasteiger partial charge >= 0.3 is 11.9 Å². The first kappa shape index (κ1) is 13.7. The van der Waals surface area contributed by atoms with Gasteiger partial charge in [0.15, 0.2) is 0 Å². The van der Waals surface area contributed by atoms with E-state index in [0.717, 1.165) is 19.3 Å². The predicted molar refractivity (Wildman–Crippen MR) is 56.3 cm³/mol. The van der Waals surface area contributed by atoms with Gasteiger partial charge in [-0.2, -0.15) is 0 Å². The summed E-state index contributed by atoms with van der Waals surface area (Å²) < 4.78 is 9.46. The van der Waals surface area contributed by atoms with Crippen LogP contribution < -0.4 is 0 Å². The third-order valence-electron chi connectivity index (χ3n) is 1.66. The second-order valence-corrected chi connectivity index (χ2v) is 3.08. The Bertz CT molecular complexity index is 211. The Hall–Kier alpha value is -1.32. The van der Waals surface area contributed by atoms with E-state index in [1.54, 1.807) is 0 Å². The molecule has 0 spiro atoms.